The van der Waals surface area contributed by atoms with Gasteiger partial charge in [-0.25, -0.2) is 13.2 Å². The summed E-state index contributed by atoms with van der Waals surface area (Å²) in [7, 11) is -4.25. The van der Waals surface area contributed by atoms with Gasteiger partial charge in [-0.05, 0) is 71.4 Å². The lowest BCUT2D eigenvalue weighted by molar-refractivity contribution is -0.150. The normalized spacial score (nSPS) is 20.0. The van der Waals surface area contributed by atoms with Crippen molar-refractivity contribution in [3.8, 4) is 0 Å². The minimum absolute atomic E-state index is 0.00131. The molecule has 1 N–H and O–H groups in total. The number of hydrogen-bond acceptors (Lipinski definition) is 8. The third kappa shape index (κ3) is 8.23. The van der Waals surface area contributed by atoms with E-state index < -0.39 is 57.6 Å². The van der Waals surface area contributed by atoms with E-state index >= 15 is 0 Å². The van der Waals surface area contributed by atoms with Crippen molar-refractivity contribution in [2.75, 3.05) is 19.8 Å². The molecule has 1 aliphatic heterocycles. The highest BCUT2D eigenvalue weighted by Crippen LogP contribution is 2.43. The third-order valence-corrected chi connectivity index (χ3v) is 8.96. The van der Waals surface area contributed by atoms with Crippen molar-refractivity contribution in [3.63, 3.8) is 0 Å². The Morgan fingerprint density at radius 3 is 2.14 bits per heavy atom. The Kier molecular flexibility index (Phi) is 11.0. The van der Waals surface area contributed by atoms with E-state index in [0.29, 0.717) is 10.6 Å². The molecule has 2 aromatic carbocycles. The number of alkyl carbamates (subject to hydrolysis) is 1. The first kappa shape index (κ1) is 33.4. The molecule has 10 nitrogen and oxygen atoms in total. The molecule has 0 bridgehead atoms. The number of ether oxygens (including phenoxy) is 3. The first-order chi connectivity index (χ1) is 19.7. The maximum Gasteiger partial charge on any atom is 0.408 e. The predicted octanol–water partition coefficient (Wildman–Crippen LogP) is 5.04. The number of nitrogens with one attached hydrogen (secondary N) is 1. The van der Waals surface area contributed by atoms with Gasteiger partial charge < -0.3 is 19.5 Å². The summed E-state index contributed by atoms with van der Waals surface area (Å²) in [5, 5.41) is 3.32. The summed E-state index contributed by atoms with van der Waals surface area (Å²) < 4.78 is 45.3. The second kappa shape index (κ2) is 13.9. The summed E-state index contributed by atoms with van der Waals surface area (Å²) in [4.78, 5) is 39.4. The lowest BCUT2D eigenvalue weighted by Gasteiger charge is -2.31. The molecule has 42 heavy (non-hydrogen) atoms. The van der Waals surface area contributed by atoms with Gasteiger partial charge in [-0.1, -0.05) is 41.4 Å². The van der Waals surface area contributed by atoms with Crippen molar-refractivity contribution >= 4 is 39.7 Å². The molecule has 1 fully saturated rings. The molecule has 2 aromatic rings. The van der Waals surface area contributed by atoms with Crippen LogP contribution in [-0.2, 0) is 33.8 Å². The topological polar surface area (TPSA) is 128 Å². The Morgan fingerprint density at radius 2 is 1.60 bits per heavy atom. The molecule has 0 spiro atoms. The maximum absolute atomic E-state index is 14.1. The second-order valence-electron chi connectivity index (χ2n) is 11.1. The first-order valence-corrected chi connectivity index (χ1v) is 15.7. The highest BCUT2D eigenvalue weighted by atomic mass is 35.5. The van der Waals surface area contributed by atoms with Gasteiger partial charge in [-0.2, -0.15) is 4.31 Å². The third-order valence-electron chi connectivity index (χ3n) is 6.85. The van der Waals surface area contributed by atoms with Gasteiger partial charge in [0.25, 0.3) is 0 Å². The lowest BCUT2D eigenvalue weighted by Crippen LogP contribution is -2.45. The SMILES string of the molecule is CCOC(=O)C[C@@H]1[C@@H](C(NC(=O)OC(C)(C)C)c2ccc(Cl)cc2)CN(S(=O)(=O)c2ccc(C)cc2)[C@@H]1C(=O)OCC. The van der Waals surface area contributed by atoms with Crippen LogP contribution in [0.3, 0.4) is 0 Å². The number of rotatable bonds is 10. The van der Waals surface area contributed by atoms with Crippen LogP contribution in [-0.4, -0.2) is 62.2 Å². The number of nitrogens with zero attached hydrogens (tertiary/aromatic N) is 1. The van der Waals surface area contributed by atoms with Crippen LogP contribution in [0.2, 0.25) is 5.02 Å². The van der Waals surface area contributed by atoms with E-state index in [9.17, 15) is 22.8 Å². The number of carbonyl (C=O) groups excluding carboxylic acids is 3. The minimum atomic E-state index is -4.25. The Hall–Kier alpha value is -3.15. The van der Waals surface area contributed by atoms with Gasteiger partial charge in [-0.15, -0.1) is 0 Å². The molecule has 3 rings (SSSR count). The second-order valence-corrected chi connectivity index (χ2v) is 13.4. The van der Waals surface area contributed by atoms with Gasteiger partial charge in [0.2, 0.25) is 10.0 Å². The number of carbonyl (C=O) groups is 3. The van der Waals surface area contributed by atoms with Crippen molar-refractivity contribution < 1.29 is 37.0 Å². The summed E-state index contributed by atoms with van der Waals surface area (Å²) in [6.45, 7) is 10.2. The number of sulfonamides is 1. The van der Waals surface area contributed by atoms with E-state index in [4.69, 9.17) is 25.8 Å². The molecule has 0 aromatic heterocycles. The minimum Gasteiger partial charge on any atom is -0.466 e. The molecule has 4 atom stereocenters. The molecule has 0 radical (unpaired) electrons. The maximum atomic E-state index is 14.1. The Labute approximate surface area is 252 Å². The van der Waals surface area contributed by atoms with E-state index in [1.807, 2.05) is 6.92 Å². The largest absolute Gasteiger partial charge is 0.466 e. The van der Waals surface area contributed by atoms with Crippen LogP contribution in [0.25, 0.3) is 0 Å². The van der Waals surface area contributed by atoms with Crippen LogP contribution in [0.5, 0.6) is 0 Å². The van der Waals surface area contributed by atoms with Crippen LogP contribution in [0.15, 0.2) is 53.4 Å². The zero-order valence-corrected chi connectivity index (χ0v) is 26.3. The summed E-state index contributed by atoms with van der Waals surface area (Å²) >= 11 is 6.14. The Bertz CT molecular complexity index is 1360. The molecule has 1 unspecified atom stereocenters. The summed E-state index contributed by atoms with van der Waals surface area (Å²) in [5.74, 6) is -3.09. The van der Waals surface area contributed by atoms with Crippen molar-refractivity contribution in [1.82, 2.24) is 9.62 Å². The van der Waals surface area contributed by atoms with Crippen LogP contribution >= 0.6 is 11.6 Å². The summed E-state index contributed by atoms with van der Waals surface area (Å²) in [5.41, 5.74) is 0.629. The van der Waals surface area contributed by atoms with Crippen molar-refractivity contribution in [1.29, 1.82) is 0 Å². The van der Waals surface area contributed by atoms with E-state index in [0.717, 1.165) is 9.87 Å². The van der Waals surface area contributed by atoms with Crippen LogP contribution < -0.4 is 5.32 Å². The monoisotopic (exact) mass is 622 g/mol. The zero-order valence-electron chi connectivity index (χ0n) is 24.8. The molecule has 0 aliphatic carbocycles. The van der Waals surface area contributed by atoms with Gasteiger partial charge in [0.05, 0.1) is 30.6 Å². The van der Waals surface area contributed by atoms with Crippen molar-refractivity contribution in [2.45, 2.75) is 70.5 Å². The van der Waals surface area contributed by atoms with Crippen LogP contribution in [0, 0.1) is 18.8 Å². The molecule has 1 heterocycles. The fourth-order valence-electron chi connectivity index (χ4n) is 5.09. The van der Waals surface area contributed by atoms with Crippen molar-refractivity contribution in [3.05, 3.63) is 64.7 Å². The molecular formula is C30H39ClN2O8S. The number of aryl methyl sites for hydroxylation is 1. The van der Waals surface area contributed by atoms with Gasteiger partial charge in [0.1, 0.15) is 11.6 Å². The van der Waals surface area contributed by atoms with E-state index in [1.165, 1.54) is 12.1 Å². The zero-order chi connectivity index (χ0) is 31.2. The van der Waals surface area contributed by atoms with Crippen LogP contribution in [0.4, 0.5) is 4.79 Å². The van der Waals surface area contributed by atoms with E-state index in [2.05, 4.69) is 5.32 Å². The lowest BCUT2D eigenvalue weighted by atomic mass is 9.80. The number of esters is 2. The molecule has 1 saturated heterocycles. The highest BCUT2D eigenvalue weighted by molar-refractivity contribution is 7.89. The predicted molar refractivity (Wildman–Crippen MR) is 157 cm³/mol. The fourth-order valence-corrected chi connectivity index (χ4v) is 6.87. The fraction of sp³-hybridized carbons (Fsp3) is 0.500. The molecule has 12 heteroatoms. The highest BCUT2D eigenvalue weighted by Gasteiger charge is 2.55. The molecular weight excluding hydrogens is 584 g/mol. The van der Waals surface area contributed by atoms with Crippen LogP contribution in [0.1, 0.15) is 58.2 Å². The number of halogens is 1. The van der Waals surface area contributed by atoms with Gasteiger partial charge >= 0.3 is 18.0 Å². The molecule has 1 amide bonds. The Balaban J connectivity index is 2.19. The van der Waals surface area contributed by atoms with Gasteiger partial charge in [0, 0.05) is 23.4 Å². The number of hydrogen-bond donors (Lipinski definition) is 1. The van der Waals surface area contributed by atoms with E-state index in [-0.39, 0.29) is 31.1 Å². The van der Waals surface area contributed by atoms with Crippen molar-refractivity contribution in [2.24, 2.45) is 11.8 Å². The molecule has 1 aliphatic rings. The number of benzene rings is 2. The first-order valence-electron chi connectivity index (χ1n) is 13.8. The smallest absolute Gasteiger partial charge is 0.408 e. The van der Waals surface area contributed by atoms with Gasteiger partial charge in [-0.3, -0.25) is 9.59 Å². The number of amides is 1. The molecule has 230 valence electrons. The average Bonchev–Trinajstić information content (AvgIpc) is 3.27. The standard InChI is InChI=1S/C30H39ClN2O8S/c1-7-39-25(34)17-23-24(26(20-11-13-21(31)14-12-20)32-29(36)41-30(4,5)6)18-33(27(23)28(35)40-8-2)42(37,38)22-15-9-19(3)10-16-22/h9-16,23-24,26-27H,7-8,17-18H2,1-6H3,(H,32,36)/t23-,24+,26?,27+/m1/s1. The average molecular weight is 623 g/mol. The molecule has 0 saturated carbocycles. The Morgan fingerprint density at radius 1 is 1.00 bits per heavy atom. The summed E-state index contributed by atoms with van der Waals surface area (Å²) in [6, 6.07) is 10.7. The summed E-state index contributed by atoms with van der Waals surface area (Å²) in [6.07, 6.45) is -1.04. The van der Waals surface area contributed by atoms with E-state index in [1.54, 1.807) is 71.0 Å². The quantitative estimate of drug-likeness (QED) is 0.288. The van der Waals surface area contributed by atoms with Gasteiger partial charge in [0.15, 0.2) is 0 Å².